The van der Waals surface area contributed by atoms with Gasteiger partial charge in [-0.15, -0.1) is 23.4 Å². The predicted molar refractivity (Wildman–Crippen MR) is 93.1 cm³/mol. The number of benzene rings is 2. The highest BCUT2D eigenvalue weighted by atomic mass is 35.5. The Labute approximate surface area is 143 Å². The number of nitro groups is 1. The highest BCUT2D eigenvalue weighted by molar-refractivity contribution is 8.00. The number of nitrogens with zero attached hydrogens (tertiary/aromatic N) is 1. The SMILES string of the molecule is C[C@@H](Cl)[C@@H](Sc1ccccc1)C(=O)Nc1ccc([N+](=O)[O-])cc1. The summed E-state index contributed by atoms with van der Waals surface area (Å²) >= 11 is 7.53. The molecule has 0 heterocycles. The van der Waals surface area contributed by atoms with Crippen LogP contribution in [0.1, 0.15) is 6.92 Å². The van der Waals surface area contributed by atoms with Gasteiger partial charge < -0.3 is 5.32 Å². The number of rotatable bonds is 6. The average molecular weight is 351 g/mol. The standard InChI is InChI=1S/C16H15ClN2O3S/c1-11(17)15(23-14-5-3-2-4-6-14)16(20)18-12-7-9-13(10-8-12)19(21)22/h2-11,15H,1H3,(H,18,20)/t11-,15-/m1/s1. The van der Waals surface area contributed by atoms with Gasteiger partial charge in [-0.25, -0.2) is 0 Å². The number of hydrogen-bond acceptors (Lipinski definition) is 4. The lowest BCUT2D eigenvalue weighted by molar-refractivity contribution is -0.384. The van der Waals surface area contributed by atoms with Crippen LogP contribution in [0.3, 0.4) is 0 Å². The lowest BCUT2D eigenvalue weighted by Gasteiger charge is -2.18. The van der Waals surface area contributed by atoms with Gasteiger partial charge in [0.25, 0.3) is 5.69 Å². The molecular formula is C16H15ClN2O3S. The molecule has 0 spiro atoms. The smallest absolute Gasteiger partial charge is 0.269 e. The number of alkyl halides is 1. The van der Waals surface area contributed by atoms with Gasteiger partial charge in [0, 0.05) is 22.7 Å². The van der Waals surface area contributed by atoms with Crippen LogP contribution < -0.4 is 5.32 Å². The monoisotopic (exact) mass is 350 g/mol. The second-order valence-corrected chi connectivity index (χ2v) is 6.73. The van der Waals surface area contributed by atoms with E-state index in [9.17, 15) is 14.9 Å². The van der Waals surface area contributed by atoms with E-state index in [1.54, 1.807) is 6.92 Å². The molecule has 5 nitrogen and oxygen atoms in total. The third-order valence-electron chi connectivity index (χ3n) is 3.03. The summed E-state index contributed by atoms with van der Waals surface area (Å²) in [7, 11) is 0. The molecule has 120 valence electrons. The Morgan fingerprint density at radius 3 is 2.30 bits per heavy atom. The molecule has 2 aromatic rings. The van der Waals surface area contributed by atoms with Crippen molar-refractivity contribution < 1.29 is 9.72 Å². The van der Waals surface area contributed by atoms with Crippen LogP contribution in [0.2, 0.25) is 0 Å². The van der Waals surface area contributed by atoms with E-state index in [0.29, 0.717) is 5.69 Å². The van der Waals surface area contributed by atoms with Crippen molar-refractivity contribution in [1.29, 1.82) is 0 Å². The zero-order chi connectivity index (χ0) is 16.8. The number of nitro benzene ring substituents is 1. The van der Waals surface area contributed by atoms with Crippen molar-refractivity contribution in [2.24, 2.45) is 0 Å². The number of hydrogen-bond donors (Lipinski definition) is 1. The fraction of sp³-hybridized carbons (Fsp3) is 0.188. The van der Waals surface area contributed by atoms with E-state index in [0.717, 1.165) is 4.90 Å². The van der Waals surface area contributed by atoms with Gasteiger partial charge in [-0.2, -0.15) is 0 Å². The number of carbonyl (C=O) groups is 1. The Bertz CT molecular complexity index is 677. The van der Waals surface area contributed by atoms with Crippen LogP contribution in [0.4, 0.5) is 11.4 Å². The van der Waals surface area contributed by atoms with E-state index >= 15 is 0 Å². The maximum absolute atomic E-state index is 12.4. The van der Waals surface area contributed by atoms with E-state index < -0.39 is 10.2 Å². The molecule has 0 aliphatic rings. The molecule has 2 aromatic carbocycles. The van der Waals surface area contributed by atoms with E-state index in [2.05, 4.69) is 5.32 Å². The maximum Gasteiger partial charge on any atom is 0.269 e. The Balaban J connectivity index is 2.07. The third-order valence-corrected chi connectivity index (χ3v) is 4.85. The quantitative estimate of drug-likeness (QED) is 0.364. The Kier molecular flexibility index (Phi) is 6.01. The summed E-state index contributed by atoms with van der Waals surface area (Å²) in [5.74, 6) is -0.241. The number of anilines is 1. The van der Waals surface area contributed by atoms with Crippen LogP contribution >= 0.6 is 23.4 Å². The molecule has 1 N–H and O–H groups in total. The van der Waals surface area contributed by atoms with Crippen molar-refractivity contribution in [3.05, 3.63) is 64.7 Å². The topological polar surface area (TPSA) is 72.2 Å². The van der Waals surface area contributed by atoms with Crippen molar-refractivity contribution in [3.63, 3.8) is 0 Å². The number of nitrogens with one attached hydrogen (secondary N) is 1. The van der Waals surface area contributed by atoms with E-state index in [1.807, 2.05) is 30.3 Å². The second-order valence-electron chi connectivity index (χ2n) is 4.82. The normalized spacial score (nSPS) is 13.1. The summed E-state index contributed by atoms with van der Waals surface area (Å²) in [4.78, 5) is 23.5. The minimum Gasteiger partial charge on any atom is -0.325 e. The number of non-ortho nitro benzene ring substituents is 1. The Morgan fingerprint density at radius 2 is 1.78 bits per heavy atom. The van der Waals surface area contributed by atoms with Gasteiger partial charge in [-0.1, -0.05) is 18.2 Å². The molecule has 0 fully saturated rings. The van der Waals surface area contributed by atoms with Crippen molar-refractivity contribution in [2.75, 3.05) is 5.32 Å². The molecule has 23 heavy (non-hydrogen) atoms. The minimum atomic E-state index is -0.486. The molecule has 0 bridgehead atoms. The maximum atomic E-state index is 12.4. The first-order valence-corrected chi connectivity index (χ1v) is 8.20. The molecule has 2 rings (SSSR count). The van der Waals surface area contributed by atoms with Gasteiger partial charge in [0.1, 0.15) is 5.25 Å². The van der Waals surface area contributed by atoms with Gasteiger partial charge in [-0.3, -0.25) is 14.9 Å². The van der Waals surface area contributed by atoms with E-state index in [1.165, 1.54) is 36.0 Å². The van der Waals surface area contributed by atoms with Gasteiger partial charge in [-0.05, 0) is 31.2 Å². The fourth-order valence-electron chi connectivity index (χ4n) is 1.88. The molecule has 0 aliphatic heterocycles. The molecule has 0 aliphatic carbocycles. The largest absolute Gasteiger partial charge is 0.325 e. The predicted octanol–water partition coefficient (Wildman–Crippen LogP) is 4.32. The van der Waals surface area contributed by atoms with Gasteiger partial charge in [0.15, 0.2) is 0 Å². The number of halogens is 1. The summed E-state index contributed by atoms with van der Waals surface area (Å²) in [6.07, 6.45) is 0. The highest BCUT2D eigenvalue weighted by Crippen LogP contribution is 2.28. The summed E-state index contributed by atoms with van der Waals surface area (Å²) in [5, 5.41) is 12.5. The molecule has 0 aromatic heterocycles. The Morgan fingerprint density at radius 1 is 1.17 bits per heavy atom. The first-order valence-electron chi connectivity index (χ1n) is 6.88. The zero-order valence-corrected chi connectivity index (χ0v) is 13.9. The lowest BCUT2D eigenvalue weighted by Crippen LogP contribution is -2.31. The fourth-order valence-corrected chi connectivity index (χ4v) is 3.11. The molecule has 0 radical (unpaired) electrons. The summed E-state index contributed by atoms with van der Waals surface area (Å²) in [5.41, 5.74) is 0.473. The first kappa shape index (κ1) is 17.3. The average Bonchev–Trinajstić information content (AvgIpc) is 2.53. The van der Waals surface area contributed by atoms with Crippen LogP contribution in [-0.4, -0.2) is 21.5 Å². The van der Waals surface area contributed by atoms with E-state index in [-0.39, 0.29) is 17.0 Å². The van der Waals surface area contributed by atoms with Gasteiger partial charge in [0.05, 0.1) is 10.3 Å². The van der Waals surface area contributed by atoms with Crippen molar-refractivity contribution >= 4 is 40.6 Å². The molecule has 2 atom stereocenters. The summed E-state index contributed by atoms with van der Waals surface area (Å²) in [6, 6.07) is 15.2. The molecule has 1 amide bonds. The zero-order valence-electron chi connectivity index (χ0n) is 12.3. The van der Waals surface area contributed by atoms with E-state index in [4.69, 9.17) is 11.6 Å². The third kappa shape index (κ3) is 4.97. The second kappa shape index (κ2) is 7.99. The van der Waals surface area contributed by atoms with Gasteiger partial charge in [0.2, 0.25) is 5.91 Å². The van der Waals surface area contributed by atoms with Crippen LogP contribution in [0.5, 0.6) is 0 Å². The van der Waals surface area contributed by atoms with Crippen LogP contribution in [-0.2, 0) is 4.79 Å². The molecule has 0 unspecified atom stereocenters. The van der Waals surface area contributed by atoms with Crippen molar-refractivity contribution in [2.45, 2.75) is 22.4 Å². The first-order chi connectivity index (χ1) is 11.0. The number of carbonyl (C=O) groups excluding carboxylic acids is 1. The van der Waals surface area contributed by atoms with Crippen LogP contribution in [0.15, 0.2) is 59.5 Å². The summed E-state index contributed by atoms with van der Waals surface area (Å²) < 4.78 is 0. The van der Waals surface area contributed by atoms with Crippen LogP contribution in [0, 0.1) is 10.1 Å². The number of amides is 1. The van der Waals surface area contributed by atoms with Crippen LogP contribution in [0.25, 0.3) is 0 Å². The molecule has 0 saturated heterocycles. The van der Waals surface area contributed by atoms with Crippen molar-refractivity contribution in [1.82, 2.24) is 0 Å². The lowest BCUT2D eigenvalue weighted by atomic mass is 10.2. The minimum absolute atomic E-state index is 0.0241. The Hall–Kier alpha value is -2.05. The van der Waals surface area contributed by atoms with Gasteiger partial charge >= 0.3 is 0 Å². The highest BCUT2D eigenvalue weighted by Gasteiger charge is 2.25. The molecule has 7 heteroatoms. The molecular weight excluding hydrogens is 336 g/mol. The summed E-state index contributed by atoms with van der Waals surface area (Å²) in [6.45, 7) is 1.76. The number of thioether (sulfide) groups is 1. The molecule has 0 saturated carbocycles. The van der Waals surface area contributed by atoms with Crippen molar-refractivity contribution in [3.8, 4) is 0 Å².